The highest BCUT2D eigenvalue weighted by Gasteiger charge is 2.24. The Morgan fingerprint density at radius 2 is 2.12 bits per heavy atom. The molecule has 2 aromatic heterocycles. The minimum atomic E-state index is -0.981. The first-order valence-corrected chi connectivity index (χ1v) is 8.57. The Bertz CT molecular complexity index is 845. The van der Waals surface area contributed by atoms with E-state index in [4.69, 9.17) is 0 Å². The smallest absolute Gasteiger partial charge is 0.323 e. The number of aromatic nitrogens is 3. The Kier molecular flexibility index (Phi) is 4.81. The largest absolute Gasteiger partial charge is 0.480 e. The van der Waals surface area contributed by atoms with E-state index in [0.29, 0.717) is 41.1 Å². The number of carbonyl (C=O) groups is 1. The van der Waals surface area contributed by atoms with Crippen LogP contribution in [0.4, 0.5) is 5.69 Å². The van der Waals surface area contributed by atoms with Gasteiger partial charge < -0.3 is 19.9 Å². The third kappa shape index (κ3) is 3.01. The van der Waals surface area contributed by atoms with Gasteiger partial charge in [0.1, 0.15) is 16.8 Å². The summed E-state index contributed by atoms with van der Waals surface area (Å²) in [6, 6.07) is 0. The standard InChI is InChI=1S/C15H18BrN5O3/c1-2-9-13(20-5-3-17-4-6-20)14(24)12-15(18-7-10(16)19-12)21(9)8-11(22)23/h7,17H,2-6,8H2,1H3,(H,22,23). The fourth-order valence-electron chi connectivity index (χ4n) is 3.09. The highest BCUT2D eigenvalue weighted by molar-refractivity contribution is 9.10. The SMILES string of the molecule is CCc1c(N2CCNCC2)c(=O)c2nc(Br)cnc2n1CC(=O)O. The lowest BCUT2D eigenvalue weighted by atomic mass is 10.1. The third-order valence-corrected chi connectivity index (χ3v) is 4.45. The van der Waals surface area contributed by atoms with Crippen molar-refractivity contribution in [2.45, 2.75) is 19.9 Å². The van der Waals surface area contributed by atoms with E-state index in [0.717, 1.165) is 13.1 Å². The number of hydrogen-bond donors (Lipinski definition) is 2. The van der Waals surface area contributed by atoms with Crippen LogP contribution in [0.15, 0.2) is 15.6 Å². The Balaban J connectivity index is 2.34. The second-order valence-electron chi connectivity index (χ2n) is 5.56. The first-order chi connectivity index (χ1) is 11.5. The number of piperazine rings is 1. The molecule has 2 aromatic rings. The molecule has 0 aromatic carbocycles. The predicted octanol–water partition coefficient (Wildman–Crippen LogP) is 0.611. The van der Waals surface area contributed by atoms with E-state index in [1.165, 1.54) is 6.20 Å². The van der Waals surface area contributed by atoms with Gasteiger partial charge in [0.25, 0.3) is 0 Å². The molecule has 1 fully saturated rings. The number of halogens is 1. The summed E-state index contributed by atoms with van der Waals surface area (Å²) in [5.74, 6) is -0.981. The average molecular weight is 396 g/mol. The van der Waals surface area contributed by atoms with Crippen LogP contribution in [0.5, 0.6) is 0 Å². The van der Waals surface area contributed by atoms with Gasteiger partial charge in [-0.05, 0) is 22.4 Å². The van der Waals surface area contributed by atoms with Crippen molar-refractivity contribution in [1.29, 1.82) is 0 Å². The van der Waals surface area contributed by atoms with E-state index in [-0.39, 0.29) is 17.5 Å². The van der Waals surface area contributed by atoms with Crippen molar-refractivity contribution in [2.24, 2.45) is 0 Å². The number of pyridine rings is 1. The zero-order valence-electron chi connectivity index (χ0n) is 13.3. The van der Waals surface area contributed by atoms with Crippen LogP contribution in [-0.4, -0.2) is 51.8 Å². The van der Waals surface area contributed by atoms with Gasteiger partial charge in [0.2, 0.25) is 5.43 Å². The average Bonchev–Trinajstić information content (AvgIpc) is 2.57. The lowest BCUT2D eigenvalue weighted by Crippen LogP contribution is -2.46. The fraction of sp³-hybridized carbons (Fsp3) is 0.467. The molecule has 24 heavy (non-hydrogen) atoms. The number of carboxylic acids is 1. The summed E-state index contributed by atoms with van der Waals surface area (Å²) >= 11 is 3.24. The van der Waals surface area contributed by atoms with Crippen molar-refractivity contribution < 1.29 is 9.90 Å². The van der Waals surface area contributed by atoms with E-state index in [1.54, 1.807) is 4.57 Å². The Morgan fingerprint density at radius 1 is 1.42 bits per heavy atom. The van der Waals surface area contributed by atoms with Crippen LogP contribution < -0.4 is 15.6 Å². The van der Waals surface area contributed by atoms with E-state index in [9.17, 15) is 14.7 Å². The van der Waals surface area contributed by atoms with Gasteiger partial charge in [0.05, 0.1) is 6.20 Å². The number of carboxylic acid groups (broad SMARTS) is 1. The van der Waals surface area contributed by atoms with Gasteiger partial charge in [-0.15, -0.1) is 0 Å². The molecule has 0 amide bonds. The highest BCUT2D eigenvalue weighted by Crippen LogP contribution is 2.23. The van der Waals surface area contributed by atoms with Gasteiger partial charge in [-0.1, -0.05) is 6.92 Å². The van der Waals surface area contributed by atoms with Gasteiger partial charge >= 0.3 is 5.97 Å². The number of fused-ring (bicyclic) bond motifs is 1. The number of rotatable bonds is 4. The minimum Gasteiger partial charge on any atom is -0.480 e. The molecule has 1 saturated heterocycles. The number of nitrogens with one attached hydrogen (secondary N) is 1. The summed E-state index contributed by atoms with van der Waals surface area (Å²) in [5, 5.41) is 12.5. The maximum Gasteiger partial charge on any atom is 0.323 e. The molecule has 0 radical (unpaired) electrons. The summed E-state index contributed by atoms with van der Waals surface area (Å²) in [6.45, 7) is 4.62. The molecule has 1 aliphatic rings. The van der Waals surface area contributed by atoms with Crippen LogP contribution in [-0.2, 0) is 17.8 Å². The van der Waals surface area contributed by atoms with E-state index >= 15 is 0 Å². The van der Waals surface area contributed by atoms with E-state index < -0.39 is 5.97 Å². The first kappa shape index (κ1) is 16.8. The zero-order chi connectivity index (χ0) is 17.3. The molecule has 0 atom stereocenters. The molecule has 9 heteroatoms. The normalized spacial score (nSPS) is 15.0. The molecule has 2 N–H and O–H groups in total. The lowest BCUT2D eigenvalue weighted by molar-refractivity contribution is -0.137. The molecule has 8 nitrogen and oxygen atoms in total. The van der Waals surface area contributed by atoms with Crippen molar-refractivity contribution >= 4 is 38.8 Å². The summed E-state index contributed by atoms with van der Waals surface area (Å²) in [7, 11) is 0. The van der Waals surface area contributed by atoms with Gasteiger partial charge in [0, 0.05) is 31.9 Å². The molecular formula is C15H18BrN5O3. The molecule has 3 rings (SSSR count). The van der Waals surface area contributed by atoms with Crippen molar-refractivity contribution in [3.05, 3.63) is 26.7 Å². The summed E-state index contributed by atoms with van der Waals surface area (Å²) in [5.41, 5.74) is 1.53. The molecule has 0 aliphatic carbocycles. The number of nitrogens with zero attached hydrogens (tertiary/aromatic N) is 4. The molecule has 0 saturated carbocycles. The zero-order valence-corrected chi connectivity index (χ0v) is 14.8. The monoisotopic (exact) mass is 395 g/mol. The van der Waals surface area contributed by atoms with Gasteiger partial charge in [-0.2, -0.15) is 0 Å². The van der Waals surface area contributed by atoms with Crippen molar-refractivity contribution in [2.75, 3.05) is 31.1 Å². The van der Waals surface area contributed by atoms with Crippen LogP contribution in [0.25, 0.3) is 11.2 Å². The Hall–Kier alpha value is -2.00. The summed E-state index contributed by atoms with van der Waals surface area (Å²) in [6.07, 6.45) is 2.01. The maximum atomic E-state index is 13.1. The van der Waals surface area contributed by atoms with Crippen LogP contribution in [0.1, 0.15) is 12.6 Å². The van der Waals surface area contributed by atoms with Gasteiger partial charge in [0.15, 0.2) is 11.2 Å². The molecule has 0 unspecified atom stereocenters. The predicted molar refractivity (Wildman–Crippen MR) is 93.6 cm³/mol. The molecule has 3 heterocycles. The van der Waals surface area contributed by atoms with Crippen molar-refractivity contribution in [1.82, 2.24) is 19.9 Å². The minimum absolute atomic E-state index is 0.191. The fourth-order valence-corrected chi connectivity index (χ4v) is 3.37. The molecule has 0 bridgehead atoms. The Labute approximate surface area is 146 Å². The van der Waals surface area contributed by atoms with Crippen LogP contribution in [0.3, 0.4) is 0 Å². The van der Waals surface area contributed by atoms with Gasteiger partial charge in [-0.25, -0.2) is 9.97 Å². The maximum absolute atomic E-state index is 13.1. The molecular weight excluding hydrogens is 378 g/mol. The van der Waals surface area contributed by atoms with Crippen molar-refractivity contribution in [3.8, 4) is 0 Å². The molecule has 1 aliphatic heterocycles. The van der Waals surface area contributed by atoms with Crippen LogP contribution in [0, 0.1) is 0 Å². The quantitative estimate of drug-likeness (QED) is 0.781. The van der Waals surface area contributed by atoms with Crippen LogP contribution >= 0.6 is 15.9 Å². The number of anilines is 1. The van der Waals surface area contributed by atoms with Crippen molar-refractivity contribution in [3.63, 3.8) is 0 Å². The Morgan fingerprint density at radius 3 is 2.75 bits per heavy atom. The second kappa shape index (κ2) is 6.86. The number of hydrogen-bond acceptors (Lipinski definition) is 6. The second-order valence-corrected chi connectivity index (χ2v) is 6.37. The topological polar surface area (TPSA) is 100 Å². The lowest BCUT2D eigenvalue weighted by Gasteiger charge is -2.31. The van der Waals surface area contributed by atoms with E-state index in [1.807, 2.05) is 11.8 Å². The first-order valence-electron chi connectivity index (χ1n) is 7.78. The van der Waals surface area contributed by atoms with Crippen LogP contribution in [0.2, 0.25) is 0 Å². The van der Waals surface area contributed by atoms with E-state index in [2.05, 4.69) is 31.2 Å². The molecule has 0 spiro atoms. The molecule has 128 valence electrons. The summed E-state index contributed by atoms with van der Waals surface area (Å²) < 4.78 is 2.04. The highest BCUT2D eigenvalue weighted by atomic mass is 79.9. The third-order valence-electron chi connectivity index (χ3n) is 4.07. The number of aliphatic carboxylic acids is 1. The summed E-state index contributed by atoms with van der Waals surface area (Å²) in [4.78, 5) is 34.9. The van der Waals surface area contributed by atoms with Gasteiger partial charge in [-0.3, -0.25) is 9.59 Å².